The largest absolute Gasteiger partial charge is 0.299 e. The SMILES string of the molecule is Cc1cc(C)cc(CN2CC[CH]CC2)c1. The lowest BCUT2D eigenvalue weighted by molar-refractivity contribution is 0.246. The first kappa shape index (κ1) is 10.7. The van der Waals surface area contributed by atoms with Crippen molar-refractivity contribution in [3.63, 3.8) is 0 Å². The summed E-state index contributed by atoms with van der Waals surface area (Å²) in [5.41, 5.74) is 4.23. The molecule has 0 unspecified atom stereocenters. The zero-order valence-electron chi connectivity index (χ0n) is 9.79. The minimum Gasteiger partial charge on any atom is -0.299 e. The molecule has 0 bridgehead atoms. The lowest BCUT2D eigenvalue weighted by Gasteiger charge is -2.26. The predicted molar refractivity (Wildman–Crippen MR) is 64.7 cm³/mol. The van der Waals surface area contributed by atoms with Gasteiger partial charge in [0.25, 0.3) is 0 Å². The maximum atomic E-state index is 2.55. The van der Waals surface area contributed by atoms with Crippen molar-refractivity contribution in [2.75, 3.05) is 13.1 Å². The van der Waals surface area contributed by atoms with Crippen molar-refractivity contribution in [3.05, 3.63) is 41.3 Å². The van der Waals surface area contributed by atoms with E-state index in [2.05, 4.69) is 43.4 Å². The van der Waals surface area contributed by atoms with Crippen LogP contribution in [0.25, 0.3) is 0 Å². The van der Waals surface area contributed by atoms with E-state index in [0.29, 0.717) is 0 Å². The molecule has 1 aliphatic rings. The predicted octanol–water partition coefficient (Wildman–Crippen LogP) is 3.10. The van der Waals surface area contributed by atoms with Crippen LogP contribution in [0.1, 0.15) is 29.5 Å². The quantitative estimate of drug-likeness (QED) is 0.712. The van der Waals surface area contributed by atoms with Gasteiger partial charge in [-0.3, -0.25) is 4.90 Å². The summed E-state index contributed by atoms with van der Waals surface area (Å²) < 4.78 is 0. The van der Waals surface area contributed by atoms with Gasteiger partial charge in [-0.1, -0.05) is 29.3 Å². The van der Waals surface area contributed by atoms with Crippen molar-refractivity contribution in [3.8, 4) is 0 Å². The van der Waals surface area contributed by atoms with Gasteiger partial charge in [0.15, 0.2) is 0 Å². The Labute approximate surface area is 93.1 Å². The number of likely N-dealkylation sites (tertiary alicyclic amines) is 1. The van der Waals surface area contributed by atoms with Gasteiger partial charge in [-0.15, -0.1) is 0 Å². The highest BCUT2D eigenvalue weighted by Gasteiger charge is 2.10. The molecule has 1 aliphatic heterocycles. The van der Waals surface area contributed by atoms with Crippen LogP contribution in [0.2, 0.25) is 0 Å². The molecule has 81 valence electrons. The molecular formula is C14H20N. The Morgan fingerprint density at radius 2 is 1.60 bits per heavy atom. The van der Waals surface area contributed by atoms with Crippen molar-refractivity contribution >= 4 is 0 Å². The first-order valence-corrected chi connectivity index (χ1v) is 5.85. The molecule has 1 nitrogen and oxygen atoms in total. The summed E-state index contributed by atoms with van der Waals surface area (Å²) in [6.45, 7) is 7.94. The Bertz CT molecular complexity index is 304. The topological polar surface area (TPSA) is 3.24 Å². The Balaban J connectivity index is 2.02. The number of hydrogen-bond acceptors (Lipinski definition) is 1. The van der Waals surface area contributed by atoms with Crippen LogP contribution in [0.4, 0.5) is 0 Å². The summed E-state index contributed by atoms with van der Waals surface area (Å²) in [4.78, 5) is 2.55. The van der Waals surface area contributed by atoms with Gasteiger partial charge < -0.3 is 0 Å². The maximum Gasteiger partial charge on any atom is 0.0233 e. The highest BCUT2D eigenvalue weighted by molar-refractivity contribution is 5.28. The molecule has 0 spiro atoms. The van der Waals surface area contributed by atoms with Crippen molar-refractivity contribution in [1.82, 2.24) is 4.90 Å². The van der Waals surface area contributed by atoms with Crippen LogP contribution in [0.5, 0.6) is 0 Å². The van der Waals surface area contributed by atoms with Gasteiger partial charge in [-0.25, -0.2) is 0 Å². The molecule has 1 heterocycles. The first-order valence-electron chi connectivity index (χ1n) is 5.85. The summed E-state index contributed by atoms with van der Waals surface area (Å²) in [6.07, 6.45) is 4.91. The fourth-order valence-corrected chi connectivity index (χ4v) is 2.38. The standard InChI is InChI=1S/C14H20N/c1-12-8-13(2)10-14(9-12)11-15-6-4-3-5-7-15/h3,8-10H,4-7,11H2,1-2H3. The van der Waals surface area contributed by atoms with E-state index in [0.717, 1.165) is 6.54 Å². The molecular weight excluding hydrogens is 182 g/mol. The van der Waals surface area contributed by atoms with Crippen LogP contribution in [-0.4, -0.2) is 18.0 Å². The molecule has 0 saturated carbocycles. The van der Waals surface area contributed by atoms with Crippen LogP contribution in [0.15, 0.2) is 18.2 Å². The van der Waals surface area contributed by atoms with Gasteiger partial charge >= 0.3 is 0 Å². The van der Waals surface area contributed by atoms with Gasteiger partial charge in [0, 0.05) is 6.54 Å². The summed E-state index contributed by atoms with van der Waals surface area (Å²) in [6, 6.07) is 6.87. The van der Waals surface area contributed by atoms with E-state index in [9.17, 15) is 0 Å². The molecule has 0 atom stereocenters. The van der Waals surface area contributed by atoms with E-state index in [1.54, 1.807) is 0 Å². The van der Waals surface area contributed by atoms with Crippen LogP contribution in [0, 0.1) is 20.3 Å². The molecule has 1 radical (unpaired) electrons. The molecule has 2 rings (SSSR count). The number of rotatable bonds is 2. The second kappa shape index (κ2) is 4.80. The number of nitrogens with zero attached hydrogens (tertiary/aromatic N) is 1. The lowest BCUT2D eigenvalue weighted by Crippen LogP contribution is -2.29. The van der Waals surface area contributed by atoms with E-state index < -0.39 is 0 Å². The Kier molecular flexibility index (Phi) is 3.42. The molecule has 0 aliphatic carbocycles. The van der Waals surface area contributed by atoms with E-state index in [1.807, 2.05) is 0 Å². The average Bonchev–Trinajstić information content (AvgIpc) is 2.17. The second-order valence-corrected chi connectivity index (χ2v) is 4.64. The first-order chi connectivity index (χ1) is 7.24. The van der Waals surface area contributed by atoms with Crippen molar-refractivity contribution in [2.45, 2.75) is 33.2 Å². The molecule has 1 aromatic rings. The summed E-state index contributed by atoms with van der Waals surface area (Å²) in [5.74, 6) is 0. The average molecular weight is 202 g/mol. The Morgan fingerprint density at radius 1 is 1.00 bits per heavy atom. The second-order valence-electron chi connectivity index (χ2n) is 4.64. The molecule has 0 N–H and O–H groups in total. The Morgan fingerprint density at radius 3 is 2.20 bits per heavy atom. The fraction of sp³-hybridized carbons (Fsp3) is 0.500. The summed E-state index contributed by atoms with van der Waals surface area (Å²) in [7, 11) is 0. The zero-order chi connectivity index (χ0) is 10.7. The van der Waals surface area contributed by atoms with E-state index >= 15 is 0 Å². The van der Waals surface area contributed by atoms with Crippen molar-refractivity contribution in [2.24, 2.45) is 0 Å². The molecule has 1 aromatic carbocycles. The van der Waals surface area contributed by atoms with Crippen LogP contribution in [-0.2, 0) is 6.54 Å². The third-order valence-electron chi connectivity index (χ3n) is 2.99. The third kappa shape index (κ3) is 3.07. The lowest BCUT2D eigenvalue weighted by atomic mass is 10.1. The van der Waals surface area contributed by atoms with Crippen molar-refractivity contribution in [1.29, 1.82) is 0 Å². The molecule has 15 heavy (non-hydrogen) atoms. The molecule has 0 amide bonds. The smallest absolute Gasteiger partial charge is 0.0233 e. The van der Waals surface area contributed by atoms with Crippen LogP contribution in [0.3, 0.4) is 0 Å². The fourth-order valence-electron chi connectivity index (χ4n) is 2.38. The van der Waals surface area contributed by atoms with E-state index in [1.165, 1.54) is 42.6 Å². The number of benzene rings is 1. The molecule has 1 saturated heterocycles. The normalized spacial score (nSPS) is 18.0. The molecule has 1 heteroatoms. The minimum atomic E-state index is 1.12. The van der Waals surface area contributed by atoms with E-state index in [4.69, 9.17) is 0 Å². The van der Waals surface area contributed by atoms with Gasteiger partial charge in [-0.2, -0.15) is 0 Å². The summed E-state index contributed by atoms with van der Waals surface area (Å²) in [5, 5.41) is 0. The maximum absolute atomic E-state index is 2.55. The van der Waals surface area contributed by atoms with E-state index in [-0.39, 0.29) is 0 Å². The van der Waals surface area contributed by atoms with Crippen LogP contribution < -0.4 is 0 Å². The van der Waals surface area contributed by atoms with Gasteiger partial charge in [0.05, 0.1) is 0 Å². The molecule has 1 fully saturated rings. The molecule has 0 aromatic heterocycles. The Hall–Kier alpha value is -0.820. The van der Waals surface area contributed by atoms with Gasteiger partial charge in [-0.05, 0) is 51.8 Å². The number of piperidine rings is 1. The highest BCUT2D eigenvalue weighted by atomic mass is 15.1. The van der Waals surface area contributed by atoms with Crippen molar-refractivity contribution < 1.29 is 0 Å². The number of aryl methyl sites for hydroxylation is 2. The highest BCUT2D eigenvalue weighted by Crippen LogP contribution is 2.14. The minimum absolute atomic E-state index is 1.12. The monoisotopic (exact) mass is 202 g/mol. The zero-order valence-corrected chi connectivity index (χ0v) is 9.79. The number of hydrogen-bond donors (Lipinski definition) is 0. The van der Waals surface area contributed by atoms with Gasteiger partial charge in [0.2, 0.25) is 0 Å². The van der Waals surface area contributed by atoms with Gasteiger partial charge in [0.1, 0.15) is 0 Å². The third-order valence-corrected chi connectivity index (χ3v) is 2.99. The van der Waals surface area contributed by atoms with Crippen LogP contribution >= 0.6 is 0 Å². The summed E-state index contributed by atoms with van der Waals surface area (Å²) >= 11 is 0.